The van der Waals surface area contributed by atoms with Gasteiger partial charge in [0.05, 0.1) is 5.56 Å². The van der Waals surface area contributed by atoms with E-state index in [2.05, 4.69) is 21.2 Å². The molecule has 11 heteroatoms. The van der Waals surface area contributed by atoms with E-state index in [4.69, 9.17) is 9.47 Å². The number of esters is 1. The zero-order valence-electron chi connectivity index (χ0n) is 19.6. The van der Waals surface area contributed by atoms with Crippen molar-refractivity contribution in [3.05, 3.63) is 33.8 Å². The average Bonchev–Trinajstić information content (AvgIpc) is 2.59. The maximum atomic E-state index is 13.2. The zero-order valence-corrected chi connectivity index (χ0v) is 22.0. The van der Waals surface area contributed by atoms with Gasteiger partial charge in [0.15, 0.2) is 0 Å². The molecule has 0 saturated carbocycles. The smallest absolute Gasteiger partial charge is 0.416 e. The Bertz CT molecular complexity index is 863. The van der Waals surface area contributed by atoms with Crippen LogP contribution < -0.4 is 5.32 Å². The largest absolute Gasteiger partial charge is 0.458 e. The summed E-state index contributed by atoms with van der Waals surface area (Å²) in [6.45, 7) is 10.0. The molecule has 0 aliphatic heterocycles. The summed E-state index contributed by atoms with van der Waals surface area (Å²) in [6.07, 6.45) is -5.42. The number of ether oxygens (including phenoxy) is 2. The predicted octanol–water partition coefficient (Wildman–Crippen LogP) is 5.38. The van der Waals surface area contributed by atoms with Crippen molar-refractivity contribution in [3.8, 4) is 0 Å². The van der Waals surface area contributed by atoms with Gasteiger partial charge in [0.25, 0.3) is 0 Å². The first-order valence-electron chi connectivity index (χ1n) is 10.3. The second-order valence-electron chi connectivity index (χ2n) is 9.42. The van der Waals surface area contributed by atoms with Gasteiger partial charge in [-0.1, -0.05) is 15.9 Å². The van der Waals surface area contributed by atoms with Crippen LogP contribution in [0.3, 0.4) is 0 Å². The minimum absolute atomic E-state index is 0.0188. The number of carbonyl (C=O) groups is 2. The first-order chi connectivity index (χ1) is 14.9. The molecule has 0 aromatic heterocycles. The molecule has 6 nitrogen and oxygen atoms in total. The third-order valence-corrected chi connectivity index (χ3v) is 5.83. The fraction of sp³-hybridized carbons (Fsp3) is 0.636. The van der Waals surface area contributed by atoms with E-state index in [9.17, 15) is 27.0 Å². The van der Waals surface area contributed by atoms with Gasteiger partial charge in [0.1, 0.15) is 17.2 Å². The van der Waals surface area contributed by atoms with Crippen LogP contribution in [0.5, 0.6) is 0 Å². The van der Waals surface area contributed by atoms with Gasteiger partial charge in [0, 0.05) is 26.8 Å². The predicted molar refractivity (Wildman–Crippen MR) is 124 cm³/mol. The monoisotopic (exact) mass is 557 g/mol. The molecule has 0 spiro atoms. The van der Waals surface area contributed by atoms with E-state index in [0.717, 1.165) is 6.07 Å². The summed E-state index contributed by atoms with van der Waals surface area (Å²) >= 11 is 3.16. The lowest BCUT2D eigenvalue weighted by atomic mass is 10.1. The van der Waals surface area contributed by atoms with Crippen molar-refractivity contribution < 1.29 is 36.4 Å². The summed E-state index contributed by atoms with van der Waals surface area (Å²) in [4.78, 5) is 24.7. The Labute approximate surface area is 203 Å². The first-order valence-corrected chi connectivity index (χ1v) is 12.6. The summed E-state index contributed by atoms with van der Waals surface area (Å²) in [6, 6.07) is 2.52. The summed E-state index contributed by atoms with van der Waals surface area (Å²) in [5.74, 6) is -0.765. The van der Waals surface area contributed by atoms with E-state index >= 15 is 0 Å². The van der Waals surface area contributed by atoms with E-state index in [0.29, 0.717) is 4.47 Å². The number of benzene rings is 1. The number of hydrogen-bond donors (Lipinski definition) is 1. The van der Waals surface area contributed by atoms with Gasteiger partial charge in [-0.3, -0.25) is 4.21 Å². The maximum absolute atomic E-state index is 13.2. The minimum Gasteiger partial charge on any atom is -0.458 e. The lowest BCUT2D eigenvalue weighted by molar-refractivity contribution is -0.157. The van der Waals surface area contributed by atoms with Crippen LogP contribution in [0.2, 0.25) is 0 Å². The Morgan fingerprint density at radius 3 is 2.12 bits per heavy atom. The molecule has 0 aliphatic rings. The van der Waals surface area contributed by atoms with Crippen LogP contribution in [-0.2, 0) is 37.7 Å². The summed E-state index contributed by atoms with van der Waals surface area (Å²) < 4.78 is 63.2. The molecule has 1 aromatic carbocycles. The molecule has 1 rings (SSSR count). The van der Waals surface area contributed by atoms with Crippen molar-refractivity contribution >= 4 is 38.8 Å². The third kappa shape index (κ3) is 11.9. The number of amides is 1. The lowest BCUT2D eigenvalue weighted by Gasteiger charge is -2.26. The van der Waals surface area contributed by atoms with Gasteiger partial charge >= 0.3 is 18.2 Å². The molecule has 188 valence electrons. The van der Waals surface area contributed by atoms with E-state index in [1.165, 1.54) is 12.1 Å². The quantitative estimate of drug-likeness (QED) is 0.433. The highest BCUT2D eigenvalue weighted by Crippen LogP contribution is 2.33. The fourth-order valence-corrected chi connectivity index (χ4v) is 4.25. The SMILES string of the molecule is CC(C)(C)OC(=O)NC(CCS(=O)CCc1cc(Br)ccc1C(F)(F)F)C(=O)OC(C)(C)C. The first kappa shape index (κ1) is 29.4. The van der Waals surface area contributed by atoms with Gasteiger partial charge in [0.2, 0.25) is 0 Å². The van der Waals surface area contributed by atoms with Crippen LogP contribution >= 0.6 is 15.9 Å². The number of alkyl halides is 3. The highest BCUT2D eigenvalue weighted by atomic mass is 79.9. The standard InChI is InChI=1S/C22H31BrF3NO5S/c1-20(2,3)31-18(28)17(27-19(29)32-21(4,5)6)10-12-33(30)11-9-14-13-15(23)7-8-16(14)22(24,25)26/h7-8,13,17H,9-12H2,1-6H3,(H,27,29). The Hall–Kier alpha value is -1.62. The van der Waals surface area contributed by atoms with E-state index in [1.54, 1.807) is 41.5 Å². The molecule has 2 unspecified atom stereocenters. The third-order valence-electron chi connectivity index (χ3n) is 3.99. The Balaban J connectivity index is 2.82. The van der Waals surface area contributed by atoms with Crippen molar-refractivity contribution in [3.63, 3.8) is 0 Å². The Morgan fingerprint density at radius 1 is 1.03 bits per heavy atom. The van der Waals surface area contributed by atoms with Crippen LogP contribution in [0, 0.1) is 0 Å². The molecule has 0 radical (unpaired) electrons. The lowest BCUT2D eigenvalue weighted by Crippen LogP contribution is -2.46. The molecular weight excluding hydrogens is 527 g/mol. The second kappa shape index (κ2) is 11.7. The van der Waals surface area contributed by atoms with Crippen molar-refractivity contribution in [2.75, 3.05) is 11.5 Å². The molecule has 1 aromatic rings. The van der Waals surface area contributed by atoms with Crippen LogP contribution in [0.4, 0.5) is 18.0 Å². The average molecular weight is 558 g/mol. The number of aryl methyl sites for hydroxylation is 1. The van der Waals surface area contributed by atoms with E-state index in [-0.39, 0.29) is 29.9 Å². The van der Waals surface area contributed by atoms with Crippen LogP contribution in [0.1, 0.15) is 59.1 Å². The van der Waals surface area contributed by atoms with E-state index < -0.39 is 51.8 Å². The number of nitrogens with one attached hydrogen (secondary N) is 1. The summed E-state index contributed by atoms with van der Waals surface area (Å²) in [5, 5.41) is 2.44. The molecular formula is C22H31BrF3NO5S. The zero-order chi connectivity index (χ0) is 25.6. The fourth-order valence-electron chi connectivity index (χ4n) is 2.69. The van der Waals surface area contributed by atoms with Crippen molar-refractivity contribution in [1.82, 2.24) is 5.32 Å². The number of hydrogen-bond acceptors (Lipinski definition) is 5. The molecule has 0 heterocycles. The maximum Gasteiger partial charge on any atom is 0.416 e. The van der Waals surface area contributed by atoms with Crippen LogP contribution in [0.25, 0.3) is 0 Å². The molecule has 0 fully saturated rings. The Kier molecular flexibility index (Phi) is 10.4. The van der Waals surface area contributed by atoms with Gasteiger partial charge < -0.3 is 14.8 Å². The highest BCUT2D eigenvalue weighted by Gasteiger charge is 2.33. The molecule has 0 saturated heterocycles. The van der Waals surface area contributed by atoms with Crippen LogP contribution in [-0.4, -0.2) is 45.0 Å². The molecule has 2 atom stereocenters. The highest BCUT2D eigenvalue weighted by molar-refractivity contribution is 9.10. The van der Waals surface area contributed by atoms with Crippen molar-refractivity contribution in [2.45, 2.75) is 77.8 Å². The van der Waals surface area contributed by atoms with E-state index in [1.807, 2.05) is 0 Å². The second-order valence-corrected chi connectivity index (χ2v) is 12.0. The molecule has 1 N–H and O–H groups in total. The number of rotatable bonds is 8. The van der Waals surface area contributed by atoms with Crippen molar-refractivity contribution in [1.29, 1.82) is 0 Å². The van der Waals surface area contributed by atoms with Gasteiger partial charge in [-0.15, -0.1) is 0 Å². The number of carbonyl (C=O) groups excluding carboxylic acids is 2. The Morgan fingerprint density at radius 2 is 1.61 bits per heavy atom. The molecule has 0 bridgehead atoms. The normalized spacial score (nSPS) is 14.4. The summed E-state index contributed by atoms with van der Waals surface area (Å²) in [5.41, 5.74) is -2.34. The molecule has 1 amide bonds. The summed E-state index contributed by atoms with van der Waals surface area (Å²) in [7, 11) is -1.54. The van der Waals surface area contributed by atoms with Crippen LogP contribution in [0.15, 0.2) is 22.7 Å². The number of alkyl carbamates (subject to hydrolysis) is 1. The van der Waals surface area contributed by atoms with Crippen molar-refractivity contribution in [2.24, 2.45) is 0 Å². The topological polar surface area (TPSA) is 81.7 Å². The van der Waals surface area contributed by atoms with Gasteiger partial charge in [-0.25, -0.2) is 9.59 Å². The van der Waals surface area contributed by atoms with Gasteiger partial charge in [-0.05, 0) is 78.1 Å². The molecule has 0 aliphatic carbocycles. The number of halogens is 4. The van der Waals surface area contributed by atoms with Gasteiger partial charge in [-0.2, -0.15) is 13.2 Å². The molecule has 33 heavy (non-hydrogen) atoms. The minimum atomic E-state index is -4.52.